The number of nitrogens with two attached hydrogens (primary N) is 1. The van der Waals surface area contributed by atoms with Crippen molar-refractivity contribution >= 4 is 14.2 Å². The molecule has 0 spiro atoms. The molecule has 0 heterocycles. The summed E-state index contributed by atoms with van der Waals surface area (Å²) in [5, 5.41) is 0. The molecule has 1 amide bonds. The largest absolute Gasteiger partial charge is 0.450 e. The third kappa shape index (κ3) is 11.0. The average molecular weight is 290 g/mol. The third-order valence-electron chi connectivity index (χ3n) is 2.82. The molecule has 0 aliphatic rings. The van der Waals surface area contributed by atoms with E-state index in [1.807, 2.05) is 0 Å². The van der Waals surface area contributed by atoms with Crippen LogP contribution in [0.5, 0.6) is 0 Å². The summed E-state index contributed by atoms with van der Waals surface area (Å²) >= 11 is 0. The summed E-state index contributed by atoms with van der Waals surface area (Å²) < 4.78 is 10.2. The van der Waals surface area contributed by atoms with Crippen LogP contribution in [0.4, 0.5) is 4.79 Å². The van der Waals surface area contributed by atoms with Crippen molar-refractivity contribution in [1.29, 1.82) is 0 Å². The van der Waals surface area contributed by atoms with Gasteiger partial charge in [0.15, 0.2) is 0 Å². The fourth-order valence-corrected chi connectivity index (χ4v) is 2.28. The molecule has 0 aliphatic carbocycles. The average Bonchev–Trinajstić information content (AvgIpc) is 2.27. The van der Waals surface area contributed by atoms with Crippen LogP contribution in [0.1, 0.15) is 12.8 Å². The van der Waals surface area contributed by atoms with Crippen LogP contribution < -0.4 is 5.73 Å². The van der Waals surface area contributed by atoms with Gasteiger partial charge >= 0.3 is 6.09 Å². The molecule has 0 aromatic carbocycles. The first-order valence-electron chi connectivity index (χ1n) is 6.88. The number of carbonyl (C=O) groups excluding carboxylic acids is 1. The molecule has 0 radical (unpaired) electrons. The predicted octanol–water partition coefficient (Wildman–Crippen LogP) is 2.15. The van der Waals surface area contributed by atoms with Crippen LogP contribution in [0.3, 0.4) is 0 Å². The van der Waals surface area contributed by atoms with Gasteiger partial charge in [0.05, 0.1) is 6.61 Å². The molecule has 0 unspecified atom stereocenters. The molecule has 19 heavy (non-hydrogen) atoms. The molecule has 2 N–H and O–H groups in total. The monoisotopic (exact) mass is 290 g/mol. The molecule has 0 aromatic heterocycles. The van der Waals surface area contributed by atoms with Gasteiger partial charge < -0.3 is 20.1 Å². The smallest absolute Gasteiger partial charge is 0.409 e. The van der Waals surface area contributed by atoms with Crippen molar-refractivity contribution < 1.29 is 14.3 Å². The van der Waals surface area contributed by atoms with Crippen molar-refractivity contribution in [2.75, 3.05) is 33.9 Å². The molecular weight excluding hydrogens is 260 g/mol. The zero-order valence-electron chi connectivity index (χ0n) is 13.1. The van der Waals surface area contributed by atoms with Gasteiger partial charge in [-0.3, -0.25) is 0 Å². The first-order valence-corrected chi connectivity index (χ1v) is 10.6. The standard InChI is InChI=1S/C13H30N2O3Si/c1-15(11-12(14)7-6-8-17-2)13(16)18-9-10-19(3,4)5/h12H,6-11,14H2,1-5H3/t12-/m0/s1. The summed E-state index contributed by atoms with van der Waals surface area (Å²) in [6.07, 6.45) is 1.48. The first kappa shape index (κ1) is 18.4. The van der Waals surface area contributed by atoms with Crippen LogP contribution in [-0.4, -0.2) is 59.0 Å². The van der Waals surface area contributed by atoms with Crippen molar-refractivity contribution in [3.63, 3.8) is 0 Å². The Morgan fingerprint density at radius 3 is 2.47 bits per heavy atom. The number of hydrogen-bond acceptors (Lipinski definition) is 4. The molecule has 1 atom stereocenters. The maximum Gasteiger partial charge on any atom is 0.409 e. The highest BCUT2D eigenvalue weighted by Gasteiger charge is 2.17. The Morgan fingerprint density at radius 1 is 1.32 bits per heavy atom. The van der Waals surface area contributed by atoms with E-state index in [-0.39, 0.29) is 12.1 Å². The van der Waals surface area contributed by atoms with Crippen LogP contribution in [0.15, 0.2) is 0 Å². The van der Waals surface area contributed by atoms with Crippen molar-refractivity contribution in [2.24, 2.45) is 5.73 Å². The van der Waals surface area contributed by atoms with Gasteiger partial charge in [-0.2, -0.15) is 0 Å². The number of methoxy groups -OCH3 is 1. The Balaban J connectivity index is 3.80. The second-order valence-electron chi connectivity index (χ2n) is 6.20. The summed E-state index contributed by atoms with van der Waals surface area (Å²) in [6, 6.07) is 0.969. The van der Waals surface area contributed by atoms with E-state index in [0.717, 1.165) is 18.9 Å². The fourth-order valence-electron chi connectivity index (χ4n) is 1.56. The topological polar surface area (TPSA) is 64.8 Å². The molecule has 114 valence electrons. The van der Waals surface area contributed by atoms with E-state index in [2.05, 4.69) is 19.6 Å². The maximum absolute atomic E-state index is 11.7. The van der Waals surface area contributed by atoms with Crippen LogP contribution >= 0.6 is 0 Å². The normalized spacial score (nSPS) is 13.2. The van der Waals surface area contributed by atoms with Gasteiger partial charge in [0, 0.05) is 41.4 Å². The quantitative estimate of drug-likeness (QED) is 0.522. The lowest BCUT2D eigenvalue weighted by Crippen LogP contribution is -2.39. The van der Waals surface area contributed by atoms with Crippen LogP contribution in [0.2, 0.25) is 25.7 Å². The Labute approximate surface area is 118 Å². The maximum atomic E-state index is 11.7. The highest BCUT2D eigenvalue weighted by molar-refractivity contribution is 6.76. The number of carbonyl (C=O) groups is 1. The second-order valence-corrected chi connectivity index (χ2v) is 11.8. The van der Waals surface area contributed by atoms with Crippen molar-refractivity contribution in [2.45, 2.75) is 44.6 Å². The Bertz CT molecular complexity index is 257. The number of rotatable bonds is 9. The van der Waals surface area contributed by atoms with E-state index >= 15 is 0 Å². The van der Waals surface area contributed by atoms with E-state index in [1.165, 1.54) is 0 Å². The van der Waals surface area contributed by atoms with E-state index in [9.17, 15) is 4.79 Å². The van der Waals surface area contributed by atoms with E-state index < -0.39 is 8.07 Å². The van der Waals surface area contributed by atoms with Gasteiger partial charge in [-0.25, -0.2) is 4.79 Å². The SMILES string of the molecule is COCCC[C@H](N)CN(C)C(=O)OCC[Si](C)(C)C. The van der Waals surface area contributed by atoms with Crippen LogP contribution in [0.25, 0.3) is 0 Å². The second kappa shape index (κ2) is 9.33. The van der Waals surface area contributed by atoms with Gasteiger partial charge in [0.25, 0.3) is 0 Å². The lowest BCUT2D eigenvalue weighted by molar-refractivity contribution is 0.113. The van der Waals surface area contributed by atoms with Gasteiger partial charge in [-0.05, 0) is 18.9 Å². The lowest BCUT2D eigenvalue weighted by Gasteiger charge is -2.22. The number of ether oxygens (including phenoxy) is 2. The lowest BCUT2D eigenvalue weighted by atomic mass is 10.1. The molecule has 5 nitrogen and oxygen atoms in total. The van der Waals surface area contributed by atoms with Crippen LogP contribution in [-0.2, 0) is 9.47 Å². The number of amides is 1. The fraction of sp³-hybridized carbons (Fsp3) is 0.923. The Kier molecular flexibility index (Phi) is 9.04. The minimum Gasteiger partial charge on any atom is -0.450 e. The third-order valence-corrected chi connectivity index (χ3v) is 4.53. The molecule has 0 saturated heterocycles. The number of nitrogens with zero attached hydrogens (tertiary/aromatic N) is 1. The van der Waals surface area contributed by atoms with Crippen molar-refractivity contribution in [3.8, 4) is 0 Å². The molecule has 0 aromatic rings. The summed E-state index contributed by atoms with van der Waals surface area (Å²) in [5.41, 5.74) is 5.95. The Morgan fingerprint density at radius 2 is 1.95 bits per heavy atom. The molecule has 0 bridgehead atoms. The minimum atomic E-state index is -1.15. The predicted molar refractivity (Wildman–Crippen MR) is 81.2 cm³/mol. The van der Waals surface area contributed by atoms with E-state index in [4.69, 9.17) is 15.2 Å². The highest BCUT2D eigenvalue weighted by atomic mass is 28.3. The number of hydrogen-bond donors (Lipinski definition) is 1. The Hall–Kier alpha value is -0.593. The summed E-state index contributed by atoms with van der Waals surface area (Å²) in [4.78, 5) is 13.3. The van der Waals surface area contributed by atoms with Crippen molar-refractivity contribution in [1.82, 2.24) is 4.90 Å². The van der Waals surface area contributed by atoms with Gasteiger partial charge in [-0.1, -0.05) is 19.6 Å². The van der Waals surface area contributed by atoms with Crippen LogP contribution in [0, 0.1) is 0 Å². The molecular formula is C13H30N2O3Si. The summed E-state index contributed by atoms with van der Waals surface area (Å²) in [5.74, 6) is 0. The summed E-state index contributed by atoms with van der Waals surface area (Å²) in [6.45, 7) is 8.52. The van der Waals surface area contributed by atoms with Gasteiger partial charge in [-0.15, -0.1) is 0 Å². The molecule has 0 rings (SSSR count). The van der Waals surface area contributed by atoms with Gasteiger partial charge in [0.2, 0.25) is 0 Å². The summed E-state index contributed by atoms with van der Waals surface area (Å²) in [7, 11) is 2.26. The molecule has 0 saturated carbocycles. The van der Waals surface area contributed by atoms with E-state index in [0.29, 0.717) is 19.8 Å². The van der Waals surface area contributed by atoms with Crippen molar-refractivity contribution in [3.05, 3.63) is 0 Å². The highest BCUT2D eigenvalue weighted by Crippen LogP contribution is 2.08. The molecule has 0 aliphatic heterocycles. The zero-order valence-corrected chi connectivity index (χ0v) is 14.1. The van der Waals surface area contributed by atoms with Gasteiger partial charge in [0.1, 0.15) is 0 Å². The molecule has 6 heteroatoms. The van der Waals surface area contributed by atoms with E-state index in [1.54, 1.807) is 19.1 Å². The first-order chi connectivity index (χ1) is 8.76. The minimum absolute atomic E-state index is 0.0234. The zero-order chi connectivity index (χ0) is 14.9. The number of likely N-dealkylation sites (N-methyl/N-ethyl adjacent to an activating group) is 1. The molecule has 0 fully saturated rings.